The Labute approximate surface area is 145 Å². The number of hydrogen-bond donors (Lipinski definition) is 1. The van der Waals surface area contributed by atoms with E-state index in [1.165, 1.54) is 89.9 Å². The molecule has 0 saturated carbocycles. The third-order valence-electron chi connectivity index (χ3n) is 4.86. The molecule has 1 aromatic rings. The number of aromatic nitrogens is 1. The fourth-order valence-electron chi connectivity index (χ4n) is 3.45. The first-order chi connectivity index (χ1) is 11.2. The summed E-state index contributed by atoms with van der Waals surface area (Å²) in [4.78, 5) is 3.30. The second-order valence-electron chi connectivity index (χ2n) is 7.74. The molecule has 1 heteroatoms. The quantitative estimate of drug-likeness (QED) is 0.323. The van der Waals surface area contributed by atoms with Gasteiger partial charge in [0.25, 0.3) is 0 Å². The lowest BCUT2D eigenvalue weighted by molar-refractivity contribution is 0.543. The number of nitrogens with one attached hydrogen (secondary N) is 1. The van der Waals surface area contributed by atoms with Crippen molar-refractivity contribution in [1.82, 2.24) is 4.98 Å². The van der Waals surface area contributed by atoms with Gasteiger partial charge >= 0.3 is 0 Å². The number of rotatable bonds is 15. The monoisotopic (exact) mass is 319 g/mol. The van der Waals surface area contributed by atoms with Crippen LogP contribution >= 0.6 is 0 Å². The predicted molar refractivity (Wildman–Crippen MR) is 104 cm³/mol. The second kappa shape index (κ2) is 13.7. The summed E-state index contributed by atoms with van der Waals surface area (Å²) in [5.41, 5.74) is 3.11. The molecule has 1 rings (SSSR count). The Bertz CT molecular complexity index is 364. The maximum Gasteiger partial charge on any atom is 0.00403 e. The Kier molecular flexibility index (Phi) is 12.1. The van der Waals surface area contributed by atoms with Gasteiger partial charge in [-0.1, -0.05) is 91.4 Å². The first-order valence-corrected chi connectivity index (χ1v) is 10.4. The molecule has 0 aliphatic heterocycles. The molecule has 1 heterocycles. The van der Waals surface area contributed by atoms with Gasteiger partial charge in [0.1, 0.15) is 0 Å². The van der Waals surface area contributed by atoms with E-state index in [9.17, 15) is 0 Å². The van der Waals surface area contributed by atoms with Crippen molar-refractivity contribution >= 4 is 0 Å². The molecule has 1 nitrogen and oxygen atoms in total. The molecule has 0 saturated heterocycles. The van der Waals surface area contributed by atoms with Crippen LogP contribution in [-0.2, 0) is 12.8 Å². The molecule has 1 N–H and O–H groups in total. The maximum absolute atomic E-state index is 3.30. The molecule has 0 atom stereocenters. The minimum absolute atomic E-state index is 0.756. The molecule has 0 aliphatic carbocycles. The highest BCUT2D eigenvalue weighted by Crippen LogP contribution is 2.17. The molecule has 0 fully saturated rings. The van der Waals surface area contributed by atoms with Gasteiger partial charge in [-0.15, -0.1) is 0 Å². The standard InChI is InChI=1S/C22H41N/c1-4-5-6-7-8-9-10-11-12-13-14-15-16-21-18-23-19-22(21)17-20(2)3/h18-20,23H,4-17H2,1-3H3. The third-order valence-corrected chi connectivity index (χ3v) is 4.86. The van der Waals surface area contributed by atoms with Crippen LogP contribution in [-0.4, -0.2) is 4.98 Å². The van der Waals surface area contributed by atoms with Crippen molar-refractivity contribution in [2.24, 2.45) is 5.92 Å². The summed E-state index contributed by atoms with van der Waals surface area (Å²) in [5.74, 6) is 0.756. The van der Waals surface area contributed by atoms with Crippen molar-refractivity contribution in [3.8, 4) is 0 Å². The van der Waals surface area contributed by atoms with E-state index in [1.54, 1.807) is 11.1 Å². The third kappa shape index (κ3) is 10.6. The lowest BCUT2D eigenvalue weighted by atomic mass is 9.98. The SMILES string of the molecule is CCCCCCCCCCCCCCc1c[nH]cc1CC(C)C. The van der Waals surface area contributed by atoms with Crippen molar-refractivity contribution < 1.29 is 0 Å². The lowest BCUT2D eigenvalue weighted by Crippen LogP contribution is -1.96. The molecule has 0 amide bonds. The van der Waals surface area contributed by atoms with Crippen molar-refractivity contribution in [3.63, 3.8) is 0 Å². The average molecular weight is 320 g/mol. The van der Waals surface area contributed by atoms with E-state index in [4.69, 9.17) is 0 Å². The molecule has 0 unspecified atom stereocenters. The van der Waals surface area contributed by atoms with Crippen LogP contribution in [0.15, 0.2) is 12.4 Å². The summed E-state index contributed by atoms with van der Waals surface area (Å²) in [6, 6.07) is 0. The van der Waals surface area contributed by atoms with E-state index in [2.05, 4.69) is 38.1 Å². The molecule has 134 valence electrons. The average Bonchev–Trinajstić information content (AvgIpc) is 2.95. The van der Waals surface area contributed by atoms with Crippen LogP contribution in [0, 0.1) is 5.92 Å². The smallest absolute Gasteiger partial charge is 0.00403 e. The minimum atomic E-state index is 0.756. The molecule has 23 heavy (non-hydrogen) atoms. The molecular weight excluding hydrogens is 278 g/mol. The largest absolute Gasteiger partial charge is 0.367 e. The lowest BCUT2D eigenvalue weighted by Gasteiger charge is -2.07. The predicted octanol–water partition coefficient (Wildman–Crippen LogP) is 7.46. The fraction of sp³-hybridized carbons (Fsp3) is 0.818. The Morgan fingerprint density at radius 2 is 1.17 bits per heavy atom. The molecule has 0 radical (unpaired) electrons. The maximum atomic E-state index is 3.30. The van der Waals surface area contributed by atoms with E-state index in [1.807, 2.05) is 0 Å². The minimum Gasteiger partial charge on any atom is -0.367 e. The highest BCUT2D eigenvalue weighted by Gasteiger charge is 2.05. The number of aromatic amines is 1. The summed E-state index contributed by atoms with van der Waals surface area (Å²) < 4.78 is 0. The van der Waals surface area contributed by atoms with Gasteiger partial charge < -0.3 is 4.98 Å². The zero-order valence-electron chi connectivity index (χ0n) is 16.1. The van der Waals surface area contributed by atoms with Gasteiger partial charge in [0, 0.05) is 12.4 Å². The van der Waals surface area contributed by atoms with Crippen LogP contribution in [0.1, 0.15) is 109 Å². The molecular formula is C22H41N. The molecule has 0 aromatic carbocycles. The van der Waals surface area contributed by atoms with E-state index < -0.39 is 0 Å². The molecule has 0 bridgehead atoms. The van der Waals surface area contributed by atoms with E-state index in [0.717, 1.165) is 5.92 Å². The summed E-state index contributed by atoms with van der Waals surface area (Å²) in [7, 11) is 0. The van der Waals surface area contributed by atoms with Crippen molar-refractivity contribution in [3.05, 3.63) is 23.5 Å². The van der Waals surface area contributed by atoms with Crippen LogP contribution < -0.4 is 0 Å². The normalized spacial score (nSPS) is 11.5. The number of hydrogen-bond acceptors (Lipinski definition) is 0. The summed E-state index contributed by atoms with van der Waals surface area (Å²) >= 11 is 0. The topological polar surface area (TPSA) is 15.8 Å². The van der Waals surface area contributed by atoms with Gasteiger partial charge in [0.15, 0.2) is 0 Å². The van der Waals surface area contributed by atoms with Crippen LogP contribution in [0.3, 0.4) is 0 Å². The number of unbranched alkanes of at least 4 members (excludes halogenated alkanes) is 11. The van der Waals surface area contributed by atoms with Gasteiger partial charge in [-0.2, -0.15) is 0 Å². The fourth-order valence-corrected chi connectivity index (χ4v) is 3.45. The zero-order chi connectivity index (χ0) is 16.8. The van der Waals surface area contributed by atoms with Crippen molar-refractivity contribution in [2.75, 3.05) is 0 Å². The summed E-state index contributed by atoms with van der Waals surface area (Å²) in [5, 5.41) is 0. The van der Waals surface area contributed by atoms with Gasteiger partial charge in [0.05, 0.1) is 0 Å². The van der Waals surface area contributed by atoms with Crippen molar-refractivity contribution in [2.45, 2.75) is 111 Å². The summed E-state index contributed by atoms with van der Waals surface area (Å²) in [6.45, 7) is 6.91. The molecule has 0 spiro atoms. The Balaban J connectivity index is 1.91. The van der Waals surface area contributed by atoms with Gasteiger partial charge in [-0.25, -0.2) is 0 Å². The second-order valence-corrected chi connectivity index (χ2v) is 7.74. The first kappa shape index (κ1) is 20.3. The van der Waals surface area contributed by atoms with Gasteiger partial charge in [-0.3, -0.25) is 0 Å². The van der Waals surface area contributed by atoms with Crippen LogP contribution in [0.25, 0.3) is 0 Å². The summed E-state index contributed by atoms with van der Waals surface area (Å²) in [6.07, 6.45) is 24.1. The van der Waals surface area contributed by atoms with Gasteiger partial charge in [-0.05, 0) is 36.3 Å². The Morgan fingerprint density at radius 1 is 0.696 bits per heavy atom. The van der Waals surface area contributed by atoms with Crippen LogP contribution in [0.2, 0.25) is 0 Å². The Hall–Kier alpha value is -0.720. The van der Waals surface area contributed by atoms with E-state index in [-0.39, 0.29) is 0 Å². The van der Waals surface area contributed by atoms with Crippen LogP contribution in [0.4, 0.5) is 0 Å². The van der Waals surface area contributed by atoms with E-state index in [0.29, 0.717) is 0 Å². The first-order valence-electron chi connectivity index (χ1n) is 10.4. The zero-order valence-corrected chi connectivity index (χ0v) is 16.1. The van der Waals surface area contributed by atoms with E-state index >= 15 is 0 Å². The highest BCUT2D eigenvalue weighted by atomic mass is 14.6. The molecule has 1 aromatic heterocycles. The Morgan fingerprint density at radius 3 is 1.70 bits per heavy atom. The van der Waals surface area contributed by atoms with Crippen LogP contribution in [0.5, 0.6) is 0 Å². The molecule has 0 aliphatic rings. The van der Waals surface area contributed by atoms with Crippen molar-refractivity contribution in [1.29, 1.82) is 0 Å². The number of aryl methyl sites for hydroxylation is 1. The van der Waals surface area contributed by atoms with Gasteiger partial charge in [0.2, 0.25) is 0 Å². The number of H-pyrrole nitrogens is 1. The highest BCUT2D eigenvalue weighted by molar-refractivity contribution is 5.23.